The van der Waals surface area contributed by atoms with Gasteiger partial charge in [0.2, 0.25) is 10.0 Å². The molecule has 0 aromatic heterocycles. The fourth-order valence-corrected chi connectivity index (χ4v) is 4.81. The van der Waals surface area contributed by atoms with Gasteiger partial charge in [-0.2, -0.15) is 4.31 Å². The SMILES string of the molecule is COc1ccc(S(=O)(=O)N2CCOCC2)cc1C(=O)NC1CCN(C)CC1. The van der Waals surface area contributed by atoms with Crippen LogP contribution in [0.4, 0.5) is 0 Å². The molecule has 2 heterocycles. The standard InChI is InChI=1S/C18H27N3O5S/c1-20-7-5-14(6-8-20)19-18(22)16-13-15(3-4-17(16)25-2)27(23,24)21-9-11-26-12-10-21/h3-4,13-14H,5-12H2,1-2H3,(H,19,22). The number of morpholine rings is 1. The van der Waals surface area contributed by atoms with Gasteiger partial charge < -0.3 is 19.7 Å². The van der Waals surface area contributed by atoms with Gasteiger partial charge in [0.05, 0.1) is 30.8 Å². The van der Waals surface area contributed by atoms with E-state index < -0.39 is 10.0 Å². The molecule has 0 saturated carbocycles. The van der Waals surface area contributed by atoms with Crippen molar-refractivity contribution >= 4 is 15.9 Å². The lowest BCUT2D eigenvalue weighted by molar-refractivity contribution is 0.0730. The molecule has 0 radical (unpaired) electrons. The van der Waals surface area contributed by atoms with Crippen molar-refractivity contribution in [2.24, 2.45) is 0 Å². The number of hydrogen-bond acceptors (Lipinski definition) is 6. The third kappa shape index (κ3) is 4.60. The summed E-state index contributed by atoms with van der Waals surface area (Å²) in [4.78, 5) is 15.1. The van der Waals surface area contributed by atoms with Crippen molar-refractivity contribution in [2.45, 2.75) is 23.8 Å². The molecule has 1 aromatic carbocycles. The van der Waals surface area contributed by atoms with Crippen LogP contribution in [0.5, 0.6) is 5.75 Å². The highest BCUT2D eigenvalue weighted by Crippen LogP contribution is 2.25. The Labute approximate surface area is 160 Å². The van der Waals surface area contributed by atoms with Crippen LogP contribution < -0.4 is 10.1 Å². The Hall–Kier alpha value is -1.68. The molecule has 0 unspecified atom stereocenters. The molecule has 2 saturated heterocycles. The number of carbonyl (C=O) groups excluding carboxylic acids is 1. The van der Waals surface area contributed by atoms with E-state index >= 15 is 0 Å². The average Bonchev–Trinajstić information content (AvgIpc) is 2.69. The lowest BCUT2D eigenvalue weighted by Gasteiger charge is -2.29. The van der Waals surface area contributed by atoms with Crippen LogP contribution >= 0.6 is 0 Å². The van der Waals surface area contributed by atoms with Crippen molar-refractivity contribution in [3.63, 3.8) is 0 Å². The second-order valence-electron chi connectivity index (χ2n) is 6.93. The lowest BCUT2D eigenvalue weighted by Crippen LogP contribution is -2.43. The number of nitrogens with one attached hydrogen (secondary N) is 1. The van der Waals surface area contributed by atoms with Crippen molar-refractivity contribution in [1.29, 1.82) is 0 Å². The van der Waals surface area contributed by atoms with E-state index in [4.69, 9.17) is 9.47 Å². The number of benzene rings is 1. The van der Waals surface area contributed by atoms with Crippen LogP contribution in [0.25, 0.3) is 0 Å². The Kier molecular flexibility index (Phi) is 6.36. The maximum Gasteiger partial charge on any atom is 0.255 e. The molecule has 9 heteroatoms. The minimum atomic E-state index is -3.67. The lowest BCUT2D eigenvalue weighted by atomic mass is 10.0. The zero-order chi connectivity index (χ0) is 19.4. The first kappa shape index (κ1) is 20.1. The van der Waals surface area contributed by atoms with Crippen molar-refractivity contribution in [3.8, 4) is 5.75 Å². The Morgan fingerprint density at radius 1 is 1.19 bits per heavy atom. The molecule has 27 heavy (non-hydrogen) atoms. The number of methoxy groups -OCH3 is 1. The normalized spacial score (nSPS) is 20.4. The van der Waals surface area contributed by atoms with Crippen molar-refractivity contribution < 1.29 is 22.7 Å². The molecular formula is C18H27N3O5S. The number of amides is 1. The third-order valence-electron chi connectivity index (χ3n) is 5.08. The highest BCUT2D eigenvalue weighted by atomic mass is 32.2. The van der Waals surface area contributed by atoms with Crippen LogP contribution in [0.2, 0.25) is 0 Å². The summed E-state index contributed by atoms with van der Waals surface area (Å²) < 4.78 is 37.7. The van der Waals surface area contributed by atoms with Gasteiger partial charge in [0.15, 0.2) is 0 Å². The molecule has 3 rings (SSSR count). The molecule has 1 amide bonds. The molecule has 2 aliphatic heterocycles. The monoisotopic (exact) mass is 397 g/mol. The molecule has 0 atom stereocenters. The zero-order valence-electron chi connectivity index (χ0n) is 15.8. The highest BCUT2D eigenvalue weighted by molar-refractivity contribution is 7.89. The minimum absolute atomic E-state index is 0.0814. The number of ether oxygens (including phenoxy) is 2. The molecule has 0 spiro atoms. The van der Waals surface area contributed by atoms with E-state index in [1.165, 1.54) is 29.6 Å². The third-order valence-corrected chi connectivity index (χ3v) is 6.97. The van der Waals surface area contributed by atoms with Crippen molar-refractivity contribution in [3.05, 3.63) is 23.8 Å². The van der Waals surface area contributed by atoms with Crippen molar-refractivity contribution in [1.82, 2.24) is 14.5 Å². The summed E-state index contributed by atoms with van der Waals surface area (Å²) in [6.07, 6.45) is 1.74. The van der Waals surface area contributed by atoms with Crippen molar-refractivity contribution in [2.75, 3.05) is 53.6 Å². The Morgan fingerprint density at radius 2 is 1.85 bits per heavy atom. The van der Waals surface area contributed by atoms with E-state index in [-0.39, 0.29) is 22.4 Å². The summed E-state index contributed by atoms with van der Waals surface area (Å²) in [5.74, 6) is 0.0572. The summed E-state index contributed by atoms with van der Waals surface area (Å²) in [6, 6.07) is 4.51. The largest absolute Gasteiger partial charge is 0.496 e. The first-order valence-electron chi connectivity index (χ1n) is 9.17. The average molecular weight is 397 g/mol. The fraction of sp³-hybridized carbons (Fsp3) is 0.611. The summed E-state index contributed by atoms with van der Waals surface area (Å²) in [5, 5.41) is 3.01. The fourth-order valence-electron chi connectivity index (χ4n) is 3.38. The van der Waals surface area contributed by atoms with E-state index in [0.29, 0.717) is 32.1 Å². The molecule has 2 fully saturated rings. The quantitative estimate of drug-likeness (QED) is 0.780. The summed E-state index contributed by atoms with van der Waals surface area (Å²) in [5.41, 5.74) is 0.241. The molecule has 0 aliphatic carbocycles. The first-order chi connectivity index (χ1) is 12.9. The van der Waals surface area contributed by atoms with Gasteiger partial charge in [0.1, 0.15) is 5.75 Å². The predicted octanol–water partition coefficient (Wildman–Crippen LogP) is 0.540. The molecule has 150 valence electrons. The number of piperidine rings is 1. The van der Waals surface area contributed by atoms with E-state index in [9.17, 15) is 13.2 Å². The summed E-state index contributed by atoms with van der Waals surface area (Å²) in [6.45, 7) is 3.22. The van der Waals surface area contributed by atoms with Gasteiger partial charge in [-0.1, -0.05) is 0 Å². The maximum atomic E-state index is 12.9. The van der Waals surface area contributed by atoms with Crippen LogP contribution in [0.1, 0.15) is 23.2 Å². The predicted molar refractivity (Wildman–Crippen MR) is 101 cm³/mol. The number of sulfonamides is 1. The first-order valence-corrected chi connectivity index (χ1v) is 10.6. The maximum absolute atomic E-state index is 12.9. The molecule has 2 aliphatic rings. The van der Waals surface area contributed by atoms with Crippen LogP contribution in [0, 0.1) is 0 Å². The number of rotatable bonds is 5. The molecule has 8 nitrogen and oxygen atoms in total. The van der Waals surface area contributed by atoms with Gasteiger partial charge in [0.25, 0.3) is 5.91 Å². The Bertz CT molecular complexity index is 769. The van der Waals surface area contributed by atoms with E-state index in [1.807, 2.05) is 0 Å². The Morgan fingerprint density at radius 3 is 2.48 bits per heavy atom. The van der Waals surface area contributed by atoms with Crippen LogP contribution in [0.3, 0.4) is 0 Å². The molecular weight excluding hydrogens is 370 g/mol. The number of hydrogen-bond donors (Lipinski definition) is 1. The Balaban J connectivity index is 1.81. The van der Waals surface area contributed by atoms with Gasteiger partial charge in [0, 0.05) is 19.1 Å². The van der Waals surface area contributed by atoms with E-state index in [1.54, 1.807) is 0 Å². The van der Waals surface area contributed by atoms with Crippen LogP contribution in [0.15, 0.2) is 23.1 Å². The topological polar surface area (TPSA) is 88.2 Å². The minimum Gasteiger partial charge on any atom is -0.496 e. The second-order valence-corrected chi connectivity index (χ2v) is 8.87. The summed E-state index contributed by atoms with van der Waals surface area (Å²) >= 11 is 0. The summed E-state index contributed by atoms with van der Waals surface area (Å²) in [7, 11) is -0.146. The van der Waals surface area contributed by atoms with Crippen LogP contribution in [-0.2, 0) is 14.8 Å². The number of nitrogens with zero attached hydrogens (tertiary/aromatic N) is 2. The smallest absolute Gasteiger partial charge is 0.255 e. The van der Waals surface area contributed by atoms with E-state index in [2.05, 4.69) is 17.3 Å². The number of carbonyl (C=O) groups is 1. The number of likely N-dealkylation sites (tertiary alicyclic amines) is 1. The van der Waals surface area contributed by atoms with Gasteiger partial charge >= 0.3 is 0 Å². The van der Waals surface area contributed by atoms with E-state index in [0.717, 1.165) is 25.9 Å². The molecule has 1 N–H and O–H groups in total. The molecule has 1 aromatic rings. The zero-order valence-corrected chi connectivity index (χ0v) is 16.6. The van der Waals surface area contributed by atoms with Gasteiger partial charge in [-0.05, 0) is 51.2 Å². The molecule has 0 bridgehead atoms. The second kappa shape index (κ2) is 8.55. The highest BCUT2D eigenvalue weighted by Gasteiger charge is 2.28. The van der Waals surface area contributed by atoms with Gasteiger partial charge in [-0.15, -0.1) is 0 Å². The van der Waals surface area contributed by atoms with Gasteiger partial charge in [-0.25, -0.2) is 8.42 Å². The van der Waals surface area contributed by atoms with Gasteiger partial charge in [-0.3, -0.25) is 4.79 Å². The van der Waals surface area contributed by atoms with Crippen LogP contribution in [-0.4, -0.2) is 83.1 Å².